The van der Waals surface area contributed by atoms with E-state index in [4.69, 9.17) is 10.5 Å². The topological polar surface area (TPSA) is 68.5 Å². The van der Waals surface area contributed by atoms with Crippen LogP contribution in [0, 0.1) is 11.7 Å². The summed E-state index contributed by atoms with van der Waals surface area (Å²) in [7, 11) is 1.68. The van der Waals surface area contributed by atoms with Gasteiger partial charge in [0, 0.05) is 26.8 Å². The molecule has 1 aliphatic heterocycles. The van der Waals surface area contributed by atoms with Crippen LogP contribution in [0.1, 0.15) is 23.2 Å². The van der Waals surface area contributed by atoms with Crippen molar-refractivity contribution in [3.63, 3.8) is 0 Å². The van der Waals surface area contributed by atoms with Crippen molar-refractivity contribution >= 4 is 11.7 Å². The highest BCUT2D eigenvalue weighted by atomic mass is 19.1. The van der Waals surface area contributed by atoms with Crippen molar-refractivity contribution in [1.82, 2.24) is 9.88 Å². The maximum atomic E-state index is 13.1. The van der Waals surface area contributed by atoms with Crippen LogP contribution in [-0.2, 0) is 4.74 Å². The van der Waals surface area contributed by atoms with E-state index in [0.717, 1.165) is 25.1 Å². The van der Waals surface area contributed by atoms with Crippen LogP contribution in [0.5, 0.6) is 0 Å². The van der Waals surface area contributed by atoms with Crippen molar-refractivity contribution in [2.24, 2.45) is 5.92 Å². The molecule has 5 nitrogen and oxygen atoms in total. The van der Waals surface area contributed by atoms with E-state index >= 15 is 0 Å². The van der Waals surface area contributed by atoms with Gasteiger partial charge in [-0.2, -0.15) is 0 Å². The normalized spacial score (nSPS) is 16.6. The number of hydrogen-bond acceptors (Lipinski definition) is 4. The molecule has 1 amide bonds. The summed E-state index contributed by atoms with van der Waals surface area (Å²) < 4.78 is 18.2. The molecule has 1 aromatic rings. The Bertz CT molecular complexity index is 459. The van der Waals surface area contributed by atoms with Crippen molar-refractivity contribution in [2.45, 2.75) is 12.8 Å². The lowest BCUT2D eigenvalue weighted by Crippen LogP contribution is -2.39. The zero-order valence-electron chi connectivity index (χ0n) is 10.9. The van der Waals surface area contributed by atoms with Gasteiger partial charge in [0.2, 0.25) is 0 Å². The van der Waals surface area contributed by atoms with Gasteiger partial charge < -0.3 is 15.4 Å². The number of rotatable bonds is 3. The SMILES string of the molecule is COCC1CCN(C(=O)c2cc(F)cnc2N)CC1. The van der Waals surface area contributed by atoms with Gasteiger partial charge in [-0.1, -0.05) is 0 Å². The largest absolute Gasteiger partial charge is 0.384 e. The Morgan fingerprint density at radius 1 is 1.58 bits per heavy atom. The summed E-state index contributed by atoms with van der Waals surface area (Å²) >= 11 is 0. The second-order valence-electron chi connectivity index (χ2n) is 4.78. The third-order valence-corrected chi connectivity index (χ3v) is 3.42. The predicted molar refractivity (Wildman–Crippen MR) is 69.1 cm³/mol. The van der Waals surface area contributed by atoms with Crippen LogP contribution < -0.4 is 5.73 Å². The van der Waals surface area contributed by atoms with E-state index in [1.54, 1.807) is 12.0 Å². The lowest BCUT2D eigenvalue weighted by molar-refractivity contribution is 0.0614. The van der Waals surface area contributed by atoms with Gasteiger partial charge in [0.1, 0.15) is 11.6 Å². The highest BCUT2D eigenvalue weighted by molar-refractivity contribution is 5.98. The van der Waals surface area contributed by atoms with Crippen molar-refractivity contribution < 1.29 is 13.9 Å². The van der Waals surface area contributed by atoms with Gasteiger partial charge in [-0.3, -0.25) is 4.79 Å². The standard InChI is InChI=1S/C13H18FN3O2/c1-19-8-9-2-4-17(5-3-9)13(18)11-6-10(14)7-16-12(11)15/h6-7,9H,2-5,8H2,1H3,(H2,15,16). The summed E-state index contributed by atoms with van der Waals surface area (Å²) in [4.78, 5) is 17.6. The average molecular weight is 267 g/mol. The van der Waals surface area contributed by atoms with Gasteiger partial charge in [0.05, 0.1) is 11.8 Å². The molecule has 104 valence electrons. The first-order valence-electron chi connectivity index (χ1n) is 6.31. The van der Waals surface area contributed by atoms with Crippen LogP contribution in [0.15, 0.2) is 12.3 Å². The number of ether oxygens (including phenoxy) is 1. The number of carbonyl (C=O) groups is 1. The van der Waals surface area contributed by atoms with E-state index in [1.165, 1.54) is 0 Å². The molecular formula is C13H18FN3O2. The quantitative estimate of drug-likeness (QED) is 0.896. The molecular weight excluding hydrogens is 249 g/mol. The Hall–Kier alpha value is -1.69. The fraction of sp³-hybridized carbons (Fsp3) is 0.538. The molecule has 0 atom stereocenters. The third kappa shape index (κ3) is 3.20. The minimum atomic E-state index is -0.549. The highest BCUT2D eigenvalue weighted by Gasteiger charge is 2.25. The molecule has 2 N–H and O–H groups in total. The molecule has 1 aliphatic rings. The van der Waals surface area contributed by atoms with Crippen molar-refractivity contribution in [1.29, 1.82) is 0 Å². The van der Waals surface area contributed by atoms with Crippen molar-refractivity contribution in [3.05, 3.63) is 23.6 Å². The maximum absolute atomic E-state index is 13.1. The molecule has 0 radical (unpaired) electrons. The molecule has 6 heteroatoms. The van der Waals surface area contributed by atoms with Gasteiger partial charge >= 0.3 is 0 Å². The number of likely N-dealkylation sites (tertiary alicyclic amines) is 1. The number of nitrogens with two attached hydrogens (primary N) is 1. The molecule has 2 rings (SSSR count). The molecule has 0 aromatic carbocycles. The number of amides is 1. The van der Waals surface area contributed by atoms with Crippen LogP contribution in [0.4, 0.5) is 10.2 Å². The summed E-state index contributed by atoms with van der Waals surface area (Å²) in [6, 6.07) is 1.14. The number of aromatic nitrogens is 1. The minimum absolute atomic E-state index is 0.0745. The summed E-state index contributed by atoms with van der Waals surface area (Å²) in [5.74, 6) is -0.241. The van der Waals surface area contributed by atoms with E-state index < -0.39 is 5.82 Å². The fourth-order valence-electron chi connectivity index (χ4n) is 2.33. The molecule has 0 bridgehead atoms. The number of pyridine rings is 1. The molecule has 0 unspecified atom stereocenters. The van der Waals surface area contributed by atoms with Gasteiger partial charge in [-0.05, 0) is 24.8 Å². The van der Waals surface area contributed by atoms with E-state index in [2.05, 4.69) is 4.98 Å². The number of nitrogens with zero attached hydrogens (tertiary/aromatic N) is 2. The number of anilines is 1. The number of hydrogen-bond donors (Lipinski definition) is 1. The molecule has 0 spiro atoms. The number of methoxy groups -OCH3 is 1. The van der Waals surface area contributed by atoms with Crippen LogP contribution in [0.3, 0.4) is 0 Å². The molecule has 0 aliphatic carbocycles. The van der Waals surface area contributed by atoms with E-state index in [-0.39, 0.29) is 17.3 Å². The Kier molecular flexibility index (Phi) is 4.31. The first-order chi connectivity index (χ1) is 9.11. The monoisotopic (exact) mass is 267 g/mol. The van der Waals surface area contributed by atoms with Crippen LogP contribution in [0.25, 0.3) is 0 Å². The highest BCUT2D eigenvalue weighted by Crippen LogP contribution is 2.21. The molecule has 1 saturated heterocycles. The second kappa shape index (κ2) is 5.97. The molecule has 2 heterocycles. The van der Waals surface area contributed by atoms with Crippen molar-refractivity contribution in [2.75, 3.05) is 32.5 Å². The summed E-state index contributed by atoms with van der Waals surface area (Å²) in [6.45, 7) is 2.00. The number of nitrogen functional groups attached to an aromatic ring is 1. The molecule has 1 fully saturated rings. The Morgan fingerprint density at radius 2 is 2.26 bits per heavy atom. The van der Waals surface area contributed by atoms with E-state index in [9.17, 15) is 9.18 Å². The first kappa shape index (κ1) is 13.7. The van der Waals surface area contributed by atoms with Crippen LogP contribution in [-0.4, -0.2) is 42.6 Å². The van der Waals surface area contributed by atoms with Crippen molar-refractivity contribution in [3.8, 4) is 0 Å². The first-order valence-corrected chi connectivity index (χ1v) is 6.31. The third-order valence-electron chi connectivity index (χ3n) is 3.42. The second-order valence-corrected chi connectivity index (χ2v) is 4.78. The molecule has 19 heavy (non-hydrogen) atoms. The Labute approximate surface area is 111 Å². The van der Waals surface area contributed by atoms with E-state index in [0.29, 0.717) is 25.6 Å². The molecule has 0 saturated carbocycles. The van der Waals surface area contributed by atoms with Crippen LogP contribution in [0.2, 0.25) is 0 Å². The predicted octanol–water partition coefficient (Wildman–Crippen LogP) is 1.30. The number of halogens is 1. The minimum Gasteiger partial charge on any atom is -0.384 e. The summed E-state index contributed by atoms with van der Waals surface area (Å²) in [5.41, 5.74) is 5.77. The Morgan fingerprint density at radius 3 is 2.89 bits per heavy atom. The summed E-state index contributed by atoms with van der Waals surface area (Å²) in [6.07, 6.45) is 2.79. The van der Waals surface area contributed by atoms with Crippen LogP contribution >= 0.6 is 0 Å². The number of carbonyl (C=O) groups excluding carboxylic acids is 1. The zero-order valence-corrected chi connectivity index (χ0v) is 10.9. The fourth-order valence-corrected chi connectivity index (χ4v) is 2.33. The molecule has 1 aromatic heterocycles. The summed E-state index contributed by atoms with van der Waals surface area (Å²) in [5, 5.41) is 0. The Balaban J connectivity index is 2.03. The van der Waals surface area contributed by atoms with Gasteiger partial charge in [-0.15, -0.1) is 0 Å². The smallest absolute Gasteiger partial charge is 0.257 e. The number of piperidine rings is 1. The average Bonchev–Trinajstić information content (AvgIpc) is 2.42. The van der Waals surface area contributed by atoms with E-state index in [1.807, 2.05) is 0 Å². The van der Waals surface area contributed by atoms with Gasteiger partial charge in [0.15, 0.2) is 0 Å². The van der Waals surface area contributed by atoms with Gasteiger partial charge in [-0.25, -0.2) is 9.37 Å². The zero-order chi connectivity index (χ0) is 13.8. The van der Waals surface area contributed by atoms with Gasteiger partial charge in [0.25, 0.3) is 5.91 Å². The maximum Gasteiger partial charge on any atom is 0.257 e. The lowest BCUT2D eigenvalue weighted by atomic mass is 9.97. The lowest BCUT2D eigenvalue weighted by Gasteiger charge is -2.31.